The quantitative estimate of drug-likeness (QED) is 0.555. The molecule has 1 fully saturated rings. The van der Waals surface area contributed by atoms with Crippen LogP contribution in [-0.2, 0) is 6.42 Å². The second kappa shape index (κ2) is 4.16. The molecule has 16 heavy (non-hydrogen) atoms. The lowest BCUT2D eigenvalue weighted by atomic mass is 9.94. The Kier molecular flexibility index (Phi) is 2.67. The molecule has 2 aliphatic rings. The number of rotatable bonds is 2. The van der Waals surface area contributed by atoms with Gasteiger partial charge in [0.1, 0.15) is 0 Å². The summed E-state index contributed by atoms with van der Waals surface area (Å²) in [4.78, 5) is 7.60. The van der Waals surface area contributed by atoms with Gasteiger partial charge in [-0.05, 0) is 19.4 Å². The highest BCUT2D eigenvalue weighted by Gasteiger charge is 2.34. The maximum Gasteiger partial charge on any atom is 0.0925 e. The average Bonchev–Trinajstić information content (AvgIpc) is 2.98. The van der Waals surface area contributed by atoms with Crippen molar-refractivity contribution < 1.29 is 5.11 Å². The van der Waals surface area contributed by atoms with Gasteiger partial charge in [0.05, 0.1) is 24.7 Å². The molecule has 3 heterocycles. The molecule has 3 rings (SSSR count). The number of aromatic amines is 1. The van der Waals surface area contributed by atoms with Crippen LogP contribution in [0.2, 0.25) is 0 Å². The van der Waals surface area contributed by atoms with Gasteiger partial charge in [0.25, 0.3) is 0 Å². The van der Waals surface area contributed by atoms with Crippen LogP contribution in [0.1, 0.15) is 30.3 Å². The van der Waals surface area contributed by atoms with Gasteiger partial charge in [-0.15, -0.1) is 0 Å². The molecule has 5 nitrogen and oxygen atoms in total. The highest BCUT2D eigenvalue weighted by molar-refractivity contribution is 5.23. The molecule has 0 aromatic carbocycles. The molecule has 1 aromatic heterocycles. The number of H-pyrrole nitrogens is 1. The summed E-state index contributed by atoms with van der Waals surface area (Å²) in [7, 11) is 0. The Hall–Kier alpha value is -0.910. The average molecular weight is 222 g/mol. The zero-order chi connectivity index (χ0) is 11.0. The minimum atomic E-state index is 0.153. The molecule has 1 saturated heterocycles. The Morgan fingerprint density at radius 1 is 1.50 bits per heavy atom. The van der Waals surface area contributed by atoms with Crippen molar-refractivity contribution in [3.63, 3.8) is 0 Å². The number of imidazole rings is 1. The predicted molar refractivity (Wildman–Crippen MR) is 60.1 cm³/mol. The van der Waals surface area contributed by atoms with E-state index in [4.69, 9.17) is 0 Å². The maximum atomic E-state index is 9.30. The lowest BCUT2D eigenvalue weighted by Gasteiger charge is -2.33. The molecule has 0 spiro atoms. The number of nitrogens with zero attached hydrogens (tertiary/aromatic N) is 1. The molecule has 0 saturated carbocycles. The van der Waals surface area contributed by atoms with Gasteiger partial charge in [-0.3, -0.25) is 0 Å². The highest BCUT2D eigenvalue weighted by atomic mass is 16.3. The number of hydrogen-bond donors (Lipinski definition) is 4. The first kappa shape index (κ1) is 10.3. The number of fused-ring (bicyclic) bond motifs is 1. The number of hydrogen-bond acceptors (Lipinski definition) is 4. The van der Waals surface area contributed by atoms with E-state index >= 15 is 0 Å². The lowest BCUT2D eigenvalue weighted by Crippen LogP contribution is -2.48. The summed E-state index contributed by atoms with van der Waals surface area (Å²) in [5, 5.41) is 16.3. The zero-order valence-electron chi connectivity index (χ0n) is 9.24. The molecule has 0 bridgehead atoms. The molecular formula is C11H18N4O. The number of aliphatic hydroxyl groups is 1. The molecule has 0 radical (unpaired) electrons. The minimum Gasteiger partial charge on any atom is -0.395 e. The van der Waals surface area contributed by atoms with Gasteiger partial charge in [0.15, 0.2) is 0 Å². The van der Waals surface area contributed by atoms with Crippen molar-refractivity contribution in [2.75, 3.05) is 13.2 Å². The van der Waals surface area contributed by atoms with Gasteiger partial charge >= 0.3 is 0 Å². The van der Waals surface area contributed by atoms with E-state index in [0.717, 1.165) is 18.7 Å². The molecule has 2 aliphatic heterocycles. The second-order valence-electron chi connectivity index (χ2n) is 4.70. The lowest BCUT2D eigenvalue weighted by molar-refractivity contribution is 0.210. The molecule has 5 heteroatoms. The summed E-state index contributed by atoms with van der Waals surface area (Å²) in [6.07, 6.45) is 5.01. The van der Waals surface area contributed by atoms with Crippen molar-refractivity contribution in [2.24, 2.45) is 0 Å². The largest absolute Gasteiger partial charge is 0.395 e. The zero-order valence-corrected chi connectivity index (χ0v) is 9.24. The van der Waals surface area contributed by atoms with Gasteiger partial charge < -0.3 is 20.7 Å². The van der Waals surface area contributed by atoms with Crippen molar-refractivity contribution in [3.8, 4) is 0 Å². The number of aromatic nitrogens is 2. The fourth-order valence-corrected chi connectivity index (χ4v) is 2.82. The summed E-state index contributed by atoms with van der Waals surface area (Å²) in [6.45, 7) is 1.27. The number of aliphatic hydroxyl groups excluding tert-OH is 1. The summed E-state index contributed by atoms with van der Waals surface area (Å²) >= 11 is 0. The van der Waals surface area contributed by atoms with Crippen LogP contribution in [0.4, 0.5) is 0 Å². The second-order valence-corrected chi connectivity index (χ2v) is 4.70. The van der Waals surface area contributed by atoms with Crippen LogP contribution in [0, 0.1) is 0 Å². The van der Waals surface area contributed by atoms with Crippen LogP contribution in [-0.4, -0.2) is 40.3 Å². The monoisotopic (exact) mass is 222 g/mol. The van der Waals surface area contributed by atoms with E-state index < -0.39 is 0 Å². The first-order chi connectivity index (χ1) is 7.88. The smallest absolute Gasteiger partial charge is 0.0925 e. The van der Waals surface area contributed by atoms with Gasteiger partial charge in [0.2, 0.25) is 0 Å². The molecule has 0 aliphatic carbocycles. The van der Waals surface area contributed by atoms with Gasteiger partial charge in [-0.1, -0.05) is 0 Å². The van der Waals surface area contributed by atoms with Crippen molar-refractivity contribution >= 4 is 0 Å². The van der Waals surface area contributed by atoms with Crippen LogP contribution >= 0.6 is 0 Å². The Morgan fingerprint density at radius 2 is 2.44 bits per heavy atom. The van der Waals surface area contributed by atoms with Gasteiger partial charge in [-0.2, -0.15) is 0 Å². The number of nitrogens with one attached hydrogen (secondary N) is 3. The Labute approximate surface area is 94.7 Å². The molecule has 3 unspecified atom stereocenters. The Balaban J connectivity index is 1.87. The summed E-state index contributed by atoms with van der Waals surface area (Å²) in [5.41, 5.74) is 2.31. The molecule has 88 valence electrons. The maximum absolute atomic E-state index is 9.30. The van der Waals surface area contributed by atoms with Crippen molar-refractivity contribution in [1.29, 1.82) is 0 Å². The van der Waals surface area contributed by atoms with Gasteiger partial charge in [-0.25, -0.2) is 4.98 Å². The fraction of sp³-hybridized carbons (Fsp3) is 0.727. The van der Waals surface area contributed by atoms with E-state index in [1.54, 1.807) is 6.33 Å². The molecule has 0 amide bonds. The summed E-state index contributed by atoms with van der Waals surface area (Å²) in [6, 6.07) is 0.853. The summed E-state index contributed by atoms with van der Waals surface area (Å²) < 4.78 is 0. The van der Waals surface area contributed by atoms with Crippen LogP contribution in [0.25, 0.3) is 0 Å². The Bertz CT molecular complexity index is 359. The van der Waals surface area contributed by atoms with E-state index in [2.05, 4.69) is 20.6 Å². The normalized spacial score (nSPS) is 33.9. The molecular weight excluding hydrogens is 204 g/mol. The standard InChI is InChI=1S/C11H18N4O/c16-5-7-4-9-10(14-6-13-9)11(15-7)8-2-1-3-12-8/h6-8,11-12,15-16H,1-5H2,(H,13,14). The van der Waals surface area contributed by atoms with Crippen LogP contribution in [0.5, 0.6) is 0 Å². The molecule has 4 N–H and O–H groups in total. The third-order valence-corrected chi connectivity index (χ3v) is 3.63. The third kappa shape index (κ3) is 1.65. The van der Waals surface area contributed by atoms with E-state index in [9.17, 15) is 5.11 Å². The van der Waals surface area contributed by atoms with E-state index in [0.29, 0.717) is 6.04 Å². The summed E-state index contributed by atoms with van der Waals surface area (Å²) in [5.74, 6) is 0. The van der Waals surface area contributed by atoms with Crippen molar-refractivity contribution in [2.45, 2.75) is 37.4 Å². The van der Waals surface area contributed by atoms with Crippen LogP contribution < -0.4 is 10.6 Å². The fourth-order valence-electron chi connectivity index (χ4n) is 2.82. The highest BCUT2D eigenvalue weighted by Crippen LogP contribution is 2.28. The Morgan fingerprint density at radius 3 is 3.19 bits per heavy atom. The van der Waals surface area contributed by atoms with Gasteiger partial charge in [0, 0.05) is 24.2 Å². The van der Waals surface area contributed by atoms with Crippen LogP contribution in [0.3, 0.4) is 0 Å². The van der Waals surface area contributed by atoms with Crippen molar-refractivity contribution in [3.05, 3.63) is 17.7 Å². The third-order valence-electron chi connectivity index (χ3n) is 3.63. The first-order valence-electron chi connectivity index (χ1n) is 6.01. The van der Waals surface area contributed by atoms with E-state index in [-0.39, 0.29) is 18.7 Å². The molecule has 3 atom stereocenters. The minimum absolute atomic E-state index is 0.153. The van der Waals surface area contributed by atoms with E-state index in [1.807, 2.05) is 0 Å². The molecule has 1 aromatic rings. The topological polar surface area (TPSA) is 73.0 Å². The van der Waals surface area contributed by atoms with Crippen molar-refractivity contribution in [1.82, 2.24) is 20.6 Å². The SMILES string of the molecule is OCC1Cc2[nH]cnc2C(C2CCCN2)N1. The van der Waals surface area contributed by atoms with Crippen LogP contribution in [0.15, 0.2) is 6.33 Å². The van der Waals surface area contributed by atoms with E-state index in [1.165, 1.54) is 18.5 Å². The first-order valence-corrected chi connectivity index (χ1v) is 6.01. The predicted octanol–water partition coefficient (Wildman–Crippen LogP) is -0.291.